The average Bonchev–Trinajstić information content (AvgIpc) is 2.36. The molecule has 104 valence electrons. The molecule has 6 heteroatoms. The molecule has 2 aromatic rings. The Balaban J connectivity index is 2.15. The lowest BCUT2D eigenvalue weighted by Crippen LogP contribution is -2.16. The van der Waals surface area contributed by atoms with E-state index in [1.54, 1.807) is 12.1 Å². The smallest absolute Gasteiger partial charge is 0.229 e. The topological polar surface area (TPSA) is 49.3 Å². The second-order valence-electron chi connectivity index (χ2n) is 4.10. The molecule has 0 aliphatic carbocycles. The van der Waals surface area contributed by atoms with Gasteiger partial charge in [-0.25, -0.2) is 13.2 Å². The van der Waals surface area contributed by atoms with E-state index in [1.165, 1.54) is 12.1 Å². The third kappa shape index (κ3) is 3.09. The molecule has 0 bridgehead atoms. The van der Waals surface area contributed by atoms with E-state index in [9.17, 15) is 23.1 Å². The number of halogens is 3. The number of phenolic OH excluding ortho intramolecular Hbond substituents is 1. The van der Waals surface area contributed by atoms with Crippen molar-refractivity contribution in [2.45, 2.75) is 6.42 Å². The van der Waals surface area contributed by atoms with Crippen LogP contribution in [-0.2, 0) is 11.2 Å². The van der Waals surface area contributed by atoms with Crippen LogP contribution in [0.5, 0.6) is 5.75 Å². The fraction of sp³-hybridized carbons (Fsp3) is 0.0714. The van der Waals surface area contributed by atoms with Crippen LogP contribution in [0, 0.1) is 17.5 Å². The molecule has 1 amide bonds. The zero-order valence-corrected chi connectivity index (χ0v) is 10.2. The van der Waals surface area contributed by atoms with Crippen LogP contribution in [0.1, 0.15) is 5.56 Å². The number of anilines is 1. The van der Waals surface area contributed by atoms with E-state index in [4.69, 9.17) is 0 Å². The Morgan fingerprint density at radius 3 is 2.30 bits per heavy atom. The Kier molecular flexibility index (Phi) is 3.93. The van der Waals surface area contributed by atoms with Crippen molar-refractivity contribution in [3.8, 4) is 5.75 Å². The van der Waals surface area contributed by atoms with Crippen molar-refractivity contribution in [3.05, 3.63) is 59.4 Å². The lowest BCUT2D eigenvalue weighted by atomic mass is 10.1. The summed E-state index contributed by atoms with van der Waals surface area (Å²) in [5, 5.41) is 11.5. The number of carbonyl (C=O) groups excluding carboxylic acids is 1. The van der Waals surface area contributed by atoms with Crippen molar-refractivity contribution < 1.29 is 23.1 Å². The monoisotopic (exact) mass is 281 g/mol. The Labute approximate surface area is 112 Å². The van der Waals surface area contributed by atoms with Gasteiger partial charge in [0, 0.05) is 17.7 Å². The van der Waals surface area contributed by atoms with Gasteiger partial charge in [-0.2, -0.15) is 0 Å². The molecule has 20 heavy (non-hydrogen) atoms. The highest BCUT2D eigenvalue weighted by Gasteiger charge is 2.15. The van der Waals surface area contributed by atoms with Gasteiger partial charge in [0.1, 0.15) is 17.3 Å². The Morgan fingerprint density at radius 1 is 1.10 bits per heavy atom. The van der Waals surface area contributed by atoms with E-state index in [-0.39, 0.29) is 12.2 Å². The maximum absolute atomic E-state index is 13.3. The molecule has 2 aromatic carbocycles. The van der Waals surface area contributed by atoms with E-state index in [1.807, 2.05) is 5.32 Å². The number of carbonyl (C=O) groups is 1. The van der Waals surface area contributed by atoms with Gasteiger partial charge in [-0.05, 0) is 6.07 Å². The largest absolute Gasteiger partial charge is 0.508 e. The molecular formula is C14H10F3NO2. The summed E-state index contributed by atoms with van der Waals surface area (Å²) in [5.74, 6) is -4.29. The standard InChI is InChI=1S/C14H10F3NO2/c15-9-6-10(16)14(11(17)7-9)18-13(20)5-8-3-1-2-4-12(8)19/h1-4,6-7,19H,5H2,(H,18,20). The number of hydrogen-bond donors (Lipinski definition) is 2. The maximum atomic E-state index is 13.3. The molecule has 0 saturated carbocycles. The number of amides is 1. The van der Waals surface area contributed by atoms with Gasteiger partial charge in [0.15, 0.2) is 11.6 Å². The first kappa shape index (κ1) is 13.9. The number of aromatic hydroxyl groups is 1. The molecule has 0 unspecified atom stereocenters. The number of benzene rings is 2. The van der Waals surface area contributed by atoms with Crippen LogP contribution in [0.3, 0.4) is 0 Å². The number of nitrogens with one attached hydrogen (secondary N) is 1. The summed E-state index contributed by atoms with van der Waals surface area (Å²) in [6, 6.07) is 7.03. The lowest BCUT2D eigenvalue weighted by molar-refractivity contribution is -0.115. The molecule has 0 heterocycles. The van der Waals surface area contributed by atoms with E-state index >= 15 is 0 Å². The fourth-order valence-corrected chi connectivity index (χ4v) is 1.68. The summed E-state index contributed by atoms with van der Waals surface area (Å²) in [5.41, 5.74) is -0.403. The second kappa shape index (κ2) is 5.64. The number of phenols is 1. The van der Waals surface area contributed by atoms with Crippen LogP contribution < -0.4 is 5.32 Å². The number of rotatable bonds is 3. The molecule has 0 aromatic heterocycles. The predicted molar refractivity (Wildman–Crippen MR) is 66.8 cm³/mol. The van der Waals surface area contributed by atoms with E-state index < -0.39 is 29.0 Å². The van der Waals surface area contributed by atoms with Crippen LogP contribution >= 0.6 is 0 Å². The SMILES string of the molecule is O=C(Cc1ccccc1O)Nc1c(F)cc(F)cc1F. The summed E-state index contributed by atoms with van der Waals surface area (Å²) in [6.07, 6.45) is -0.261. The summed E-state index contributed by atoms with van der Waals surface area (Å²) >= 11 is 0. The Morgan fingerprint density at radius 2 is 1.70 bits per heavy atom. The molecule has 0 aliphatic heterocycles. The van der Waals surface area contributed by atoms with Gasteiger partial charge in [-0.15, -0.1) is 0 Å². The molecule has 0 atom stereocenters. The maximum Gasteiger partial charge on any atom is 0.229 e. The highest BCUT2D eigenvalue weighted by atomic mass is 19.1. The Hall–Kier alpha value is -2.50. The van der Waals surface area contributed by atoms with Gasteiger partial charge < -0.3 is 10.4 Å². The van der Waals surface area contributed by atoms with Gasteiger partial charge in [-0.1, -0.05) is 18.2 Å². The molecule has 0 radical (unpaired) electrons. The van der Waals surface area contributed by atoms with Gasteiger partial charge in [0.2, 0.25) is 5.91 Å². The first-order chi connectivity index (χ1) is 9.47. The third-order valence-corrected chi connectivity index (χ3v) is 2.61. The van der Waals surface area contributed by atoms with Crippen molar-refractivity contribution in [1.82, 2.24) is 0 Å². The van der Waals surface area contributed by atoms with Gasteiger partial charge >= 0.3 is 0 Å². The van der Waals surface area contributed by atoms with E-state index in [0.717, 1.165) is 0 Å². The minimum Gasteiger partial charge on any atom is -0.508 e. The zero-order valence-electron chi connectivity index (χ0n) is 10.2. The van der Waals surface area contributed by atoms with E-state index in [0.29, 0.717) is 17.7 Å². The van der Waals surface area contributed by atoms with Crippen LogP contribution in [-0.4, -0.2) is 11.0 Å². The van der Waals surface area contributed by atoms with Crippen molar-refractivity contribution in [2.75, 3.05) is 5.32 Å². The molecule has 2 rings (SSSR count). The molecule has 0 spiro atoms. The molecule has 0 saturated heterocycles. The van der Waals surface area contributed by atoms with Gasteiger partial charge in [-0.3, -0.25) is 4.79 Å². The number of para-hydroxylation sites is 1. The first-order valence-corrected chi connectivity index (χ1v) is 5.68. The van der Waals surface area contributed by atoms with Gasteiger partial charge in [0.05, 0.1) is 6.42 Å². The summed E-state index contributed by atoms with van der Waals surface area (Å²) in [6.45, 7) is 0. The van der Waals surface area contributed by atoms with Crippen molar-refractivity contribution in [3.63, 3.8) is 0 Å². The summed E-state index contributed by atoms with van der Waals surface area (Å²) in [7, 11) is 0. The zero-order chi connectivity index (χ0) is 14.7. The quantitative estimate of drug-likeness (QED) is 0.908. The van der Waals surface area contributed by atoms with Crippen LogP contribution in [0.25, 0.3) is 0 Å². The predicted octanol–water partition coefficient (Wildman–Crippen LogP) is 2.99. The fourth-order valence-electron chi connectivity index (χ4n) is 1.68. The normalized spacial score (nSPS) is 10.3. The summed E-state index contributed by atoms with van der Waals surface area (Å²) < 4.78 is 39.4. The lowest BCUT2D eigenvalue weighted by Gasteiger charge is -2.08. The average molecular weight is 281 g/mol. The van der Waals surface area contributed by atoms with Crippen molar-refractivity contribution in [1.29, 1.82) is 0 Å². The number of hydrogen-bond acceptors (Lipinski definition) is 2. The first-order valence-electron chi connectivity index (χ1n) is 5.68. The van der Waals surface area contributed by atoms with E-state index in [2.05, 4.69) is 0 Å². The van der Waals surface area contributed by atoms with Crippen molar-refractivity contribution in [2.24, 2.45) is 0 Å². The van der Waals surface area contributed by atoms with Gasteiger partial charge in [0.25, 0.3) is 0 Å². The van der Waals surface area contributed by atoms with Crippen LogP contribution in [0.15, 0.2) is 36.4 Å². The van der Waals surface area contributed by atoms with Crippen molar-refractivity contribution >= 4 is 11.6 Å². The molecule has 2 N–H and O–H groups in total. The van der Waals surface area contributed by atoms with Crippen LogP contribution in [0.2, 0.25) is 0 Å². The summed E-state index contributed by atoms with van der Waals surface area (Å²) in [4.78, 5) is 11.7. The highest BCUT2D eigenvalue weighted by Crippen LogP contribution is 2.21. The minimum atomic E-state index is -1.20. The minimum absolute atomic E-state index is 0.0947. The highest BCUT2D eigenvalue weighted by molar-refractivity contribution is 5.92. The molecular weight excluding hydrogens is 271 g/mol. The molecule has 0 aliphatic rings. The second-order valence-corrected chi connectivity index (χ2v) is 4.10. The third-order valence-electron chi connectivity index (χ3n) is 2.61. The van der Waals surface area contributed by atoms with Crippen LogP contribution in [0.4, 0.5) is 18.9 Å². The molecule has 3 nitrogen and oxygen atoms in total. The Bertz CT molecular complexity index is 636. The molecule has 0 fully saturated rings.